The first-order chi connectivity index (χ1) is 8.66. The Kier molecular flexibility index (Phi) is 5.30. The Bertz CT molecular complexity index is 385. The molecule has 0 amide bonds. The maximum atomic E-state index is 6.17. The molecule has 1 saturated heterocycles. The second-order valence-electron chi connectivity index (χ2n) is 4.36. The zero-order valence-corrected chi connectivity index (χ0v) is 12.8. The maximum absolute atomic E-state index is 6.17. The molecule has 0 aromatic heterocycles. The Morgan fingerprint density at radius 3 is 2.78 bits per heavy atom. The van der Waals surface area contributed by atoms with Crippen LogP contribution in [-0.2, 0) is 4.74 Å². The molecule has 18 heavy (non-hydrogen) atoms. The summed E-state index contributed by atoms with van der Waals surface area (Å²) in [4.78, 5) is 2.33. The topological polar surface area (TPSA) is 21.7 Å². The van der Waals surface area contributed by atoms with Gasteiger partial charge >= 0.3 is 0 Å². The minimum Gasteiger partial charge on any atom is -0.490 e. The standard InChI is InChI=1S/C13H17BrClNO2/c1-10-8-11(14)13(12(15)9-10)18-7-4-16-2-5-17-6-3-16/h8-9H,2-7H2,1H3. The highest BCUT2D eigenvalue weighted by Gasteiger charge is 2.12. The van der Waals surface area contributed by atoms with E-state index in [0.717, 1.165) is 48.6 Å². The van der Waals surface area contributed by atoms with Crippen molar-refractivity contribution < 1.29 is 9.47 Å². The number of nitrogens with zero attached hydrogens (tertiary/aromatic N) is 1. The lowest BCUT2D eigenvalue weighted by molar-refractivity contribution is 0.0322. The number of morpholine rings is 1. The predicted molar refractivity (Wildman–Crippen MR) is 76.6 cm³/mol. The summed E-state index contributed by atoms with van der Waals surface area (Å²) >= 11 is 9.65. The fourth-order valence-corrected chi connectivity index (χ4v) is 3.06. The maximum Gasteiger partial charge on any atom is 0.152 e. The molecule has 0 saturated carbocycles. The summed E-state index contributed by atoms with van der Waals surface area (Å²) < 4.78 is 12.0. The lowest BCUT2D eigenvalue weighted by atomic mass is 10.2. The Morgan fingerprint density at radius 2 is 2.11 bits per heavy atom. The molecule has 1 heterocycles. The molecule has 0 unspecified atom stereocenters. The first kappa shape index (κ1) is 14.1. The van der Waals surface area contributed by atoms with Gasteiger partial charge in [-0.15, -0.1) is 0 Å². The molecule has 0 aliphatic carbocycles. The van der Waals surface area contributed by atoms with Crippen LogP contribution in [0.3, 0.4) is 0 Å². The van der Waals surface area contributed by atoms with Crippen LogP contribution in [0, 0.1) is 6.92 Å². The van der Waals surface area contributed by atoms with Gasteiger partial charge in [0.15, 0.2) is 5.75 Å². The summed E-state index contributed by atoms with van der Waals surface area (Å²) in [5.74, 6) is 0.732. The molecular formula is C13H17BrClNO2. The van der Waals surface area contributed by atoms with Crippen molar-refractivity contribution in [2.45, 2.75) is 6.92 Å². The number of ether oxygens (including phenoxy) is 2. The van der Waals surface area contributed by atoms with E-state index in [1.807, 2.05) is 19.1 Å². The summed E-state index contributed by atoms with van der Waals surface area (Å²) in [6.45, 7) is 7.14. The molecule has 0 bridgehead atoms. The first-order valence-corrected chi connectivity index (χ1v) is 7.22. The van der Waals surface area contributed by atoms with E-state index in [0.29, 0.717) is 11.6 Å². The molecule has 1 aromatic rings. The van der Waals surface area contributed by atoms with Gasteiger partial charge in [-0.2, -0.15) is 0 Å². The molecule has 0 radical (unpaired) electrons. The van der Waals surface area contributed by atoms with Gasteiger partial charge in [-0.3, -0.25) is 4.90 Å². The summed E-state index contributed by atoms with van der Waals surface area (Å²) in [6, 6.07) is 3.92. The normalized spacial score (nSPS) is 16.8. The van der Waals surface area contributed by atoms with E-state index in [1.165, 1.54) is 0 Å². The average molecular weight is 335 g/mol. The molecular weight excluding hydrogens is 318 g/mol. The molecule has 1 aromatic carbocycles. The molecule has 0 N–H and O–H groups in total. The Hall–Kier alpha value is -0.290. The van der Waals surface area contributed by atoms with Gasteiger partial charge in [0, 0.05) is 19.6 Å². The SMILES string of the molecule is Cc1cc(Cl)c(OCCN2CCOCC2)c(Br)c1. The molecule has 5 heteroatoms. The van der Waals surface area contributed by atoms with E-state index in [-0.39, 0.29) is 0 Å². The van der Waals surface area contributed by atoms with Gasteiger partial charge in [0.25, 0.3) is 0 Å². The minimum absolute atomic E-state index is 0.640. The van der Waals surface area contributed by atoms with Crippen molar-refractivity contribution in [2.24, 2.45) is 0 Å². The van der Waals surface area contributed by atoms with Crippen molar-refractivity contribution in [2.75, 3.05) is 39.5 Å². The Labute approximate surface area is 121 Å². The van der Waals surface area contributed by atoms with Crippen LogP contribution in [-0.4, -0.2) is 44.4 Å². The summed E-state index contributed by atoms with van der Waals surface area (Å²) in [6.07, 6.45) is 0. The number of benzene rings is 1. The second kappa shape index (κ2) is 6.75. The monoisotopic (exact) mass is 333 g/mol. The van der Waals surface area contributed by atoms with Gasteiger partial charge < -0.3 is 9.47 Å². The molecule has 0 spiro atoms. The van der Waals surface area contributed by atoms with Crippen LogP contribution >= 0.6 is 27.5 Å². The first-order valence-electron chi connectivity index (χ1n) is 6.05. The molecule has 1 aliphatic heterocycles. The molecule has 1 aliphatic rings. The molecule has 0 atom stereocenters. The zero-order chi connectivity index (χ0) is 13.0. The van der Waals surface area contributed by atoms with E-state index < -0.39 is 0 Å². The Balaban J connectivity index is 1.86. The third-order valence-corrected chi connectivity index (χ3v) is 3.77. The highest BCUT2D eigenvalue weighted by molar-refractivity contribution is 9.10. The third kappa shape index (κ3) is 3.85. The van der Waals surface area contributed by atoms with Crippen LogP contribution in [0.15, 0.2) is 16.6 Å². The van der Waals surface area contributed by atoms with E-state index in [2.05, 4.69) is 20.8 Å². The fraction of sp³-hybridized carbons (Fsp3) is 0.538. The second-order valence-corrected chi connectivity index (χ2v) is 5.62. The van der Waals surface area contributed by atoms with Crippen LogP contribution < -0.4 is 4.74 Å². The van der Waals surface area contributed by atoms with Crippen molar-refractivity contribution in [1.82, 2.24) is 4.90 Å². The van der Waals surface area contributed by atoms with Crippen LogP contribution in [0.5, 0.6) is 5.75 Å². The number of hydrogen-bond acceptors (Lipinski definition) is 3. The van der Waals surface area contributed by atoms with E-state index >= 15 is 0 Å². The van der Waals surface area contributed by atoms with E-state index in [4.69, 9.17) is 21.1 Å². The van der Waals surface area contributed by atoms with Crippen LogP contribution in [0.2, 0.25) is 5.02 Å². The smallest absolute Gasteiger partial charge is 0.152 e. The quantitative estimate of drug-likeness (QED) is 0.844. The number of hydrogen-bond donors (Lipinski definition) is 0. The van der Waals surface area contributed by atoms with Crippen LogP contribution in [0.1, 0.15) is 5.56 Å². The van der Waals surface area contributed by atoms with Crippen LogP contribution in [0.4, 0.5) is 0 Å². The largest absolute Gasteiger partial charge is 0.490 e. The van der Waals surface area contributed by atoms with Gasteiger partial charge in [-0.05, 0) is 40.5 Å². The highest BCUT2D eigenvalue weighted by atomic mass is 79.9. The lowest BCUT2D eigenvalue weighted by Gasteiger charge is -2.26. The minimum atomic E-state index is 0.640. The van der Waals surface area contributed by atoms with Gasteiger partial charge in [0.2, 0.25) is 0 Å². The van der Waals surface area contributed by atoms with E-state index in [1.54, 1.807) is 0 Å². The summed E-state index contributed by atoms with van der Waals surface area (Å²) in [7, 11) is 0. The van der Waals surface area contributed by atoms with Crippen molar-refractivity contribution in [3.63, 3.8) is 0 Å². The van der Waals surface area contributed by atoms with Crippen molar-refractivity contribution >= 4 is 27.5 Å². The number of rotatable bonds is 4. The van der Waals surface area contributed by atoms with Crippen molar-refractivity contribution in [3.8, 4) is 5.75 Å². The predicted octanol–water partition coefficient (Wildman–Crippen LogP) is 3.12. The molecule has 1 fully saturated rings. The van der Waals surface area contributed by atoms with Crippen molar-refractivity contribution in [3.05, 3.63) is 27.2 Å². The van der Waals surface area contributed by atoms with Crippen LogP contribution in [0.25, 0.3) is 0 Å². The number of halogens is 2. The molecule has 2 rings (SSSR count). The third-order valence-electron chi connectivity index (χ3n) is 2.90. The van der Waals surface area contributed by atoms with Gasteiger partial charge in [-0.1, -0.05) is 11.6 Å². The fourth-order valence-electron chi connectivity index (χ4n) is 1.93. The summed E-state index contributed by atoms with van der Waals surface area (Å²) in [5.41, 5.74) is 1.12. The molecule has 100 valence electrons. The Morgan fingerprint density at radius 1 is 1.39 bits per heavy atom. The zero-order valence-electron chi connectivity index (χ0n) is 10.4. The number of aryl methyl sites for hydroxylation is 1. The lowest BCUT2D eigenvalue weighted by Crippen LogP contribution is -2.38. The van der Waals surface area contributed by atoms with Gasteiger partial charge in [-0.25, -0.2) is 0 Å². The van der Waals surface area contributed by atoms with Crippen molar-refractivity contribution in [1.29, 1.82) is 0 Å². The highest BCUT2D eigenvalue weighted by Crippen LogP contribution is 2.34. The molecule has 3 nitrogen and oxygen atoms in total. The van der Waals surface area contributed by atoms with Gasteiger partial charge in [0.05, 0.1) is 22.7 Å². The summed E-state index contributed by atoms with van der Waals surface area (Å²) in [5, 5.41) is 0.656. The van der Waals surface area contributed by atoms with E-state index in [9.17, 15) is 0 Å². The van der Waals surface area contributed by atoms with Gasteiger partial charge in [0.1, 0.15) is 6.61 Å². The average Bonchev–Trinajstić information content (AvgIpc) is 2.34.